The first kappa shape index (κ1) is 22.5. The molecule has 0 bridgehead atoms. The van der Waals surface area contributed by atoms with Crippen molar-refractivity contribution in [3.05, 3.63) is 35.4 Å². The highest BCUT2D eigenvalue weighted by molar-refractivity contribution is 5.79. The molecule has 0 aliphatic carbocycles. The lowest BCUT2D eigenvalue weighted by atomic mass is 10.1. The van der Waals surface area contributed by atoms with Crippen molar-refractivity contribution in [1.29, 1.82) is 0 Å². The van der Waals surface area contributed by atoms with E-state index in [1.54, 1.807) is 0 Å². The molecule has 0 saturated heterocycles. The van der Waals surface area contributed by atoms with E-state index in [-0.39, 0.29) is 0 Å². The first-order valence-electron chi connectivity index (χ1n) is 9.90. The minimum absolute atomic E-state index is 0.429. The molecule has 5 heteroatoms. The Bertz CT molecular complexity index is 506. The molecule has 148 valence electrons. The summed E-state index contributed by atoms with van der Waals surface area (Å²) in [6.45, 7) is 9.80. The van der Waals surface area contributed by atoms with Crippen molar-refractivity contribution in [2.24, 2.45) is 4.99 Å². The molecule has 0 saturated carbocycles. The Morgan fingerprint density at radius 3 is 2.62 bits per heavy atom. The van der Waals surface area contributed by atoms with E-state index in [1.165, 1.54) is 36.8 Å². The van der Waals surface area contributed by atoms with Gasteiger partial charge in [0.05, 0.1) is 19.8 Å². The third kappa shape index (κ3) is 10.4. The lowest BCUT2D eigenvalue weighted by Gasteiger charge is -2.18. The molecule has 1 aromatic rings. The van der Waals surface area contributed by atoms with Crippen LogP contribution in [-0.2, 0) is 22.6 Å². The molecule has 2 N–H and O–H groups in total. The Labute approximate surface area is 159 Å². The van der Waals surface area contributed by atoms with Gasteiger partial charge in [-0.3, -0.25) is 4.99 Å². The first-order chi connectivity index (χ1) is 12.7. The van der Waals surface area contributed by atoms with Crippen LogP contribution < -0.4 is 10.6 Å². The second-order valence-electron chi connectivity index (χ2n) is 6.54. The van der Waals surface area contributed by atoms with Gasteiger partial charge in [-0.1, -0.05) is 50.5 Å². The molecule has 0 aliphatic heterocycles. The topological polar surface area (TPSA) is 54.9 Å². The lowest BCUT2D eigenvalue weighted by Crippen LogP contribution is -2.41. The number of hydrogen-bond acceptors (Lipinski definition) is 3. The van der Waals surface area contributed by atoms with Crippen molar-refractivity contribution < 1.29 is 9.47 Å². The van der Waals surface area contributed by atoms with Gasteiger partial charge in [-0.15, -0.1) is 0 Å². The van der Waals surface area contributed by atoms with Crippen LogP contribution in [0.4, 0.5) is 0 Å². The summed E-state index contributed by atoms with van der Waals surface area (Å²) in [5.41, 5.74) is 2.40. The van der Waals surface area contributed by atoms with Crippen molar-refractivity contribution >= 4 is 5.96 Å². The van der Waals surface area contributed by atoms with Gasteiger partial charge in [-0.25, -0.2) is 0 Å². The molecule has 0 amide bonds. The number of hydrogen-bond donors (Lipinski definition) is 2. The number of rotatable bonds is 13. The predicted octanol–water partition coefficient (Wildman–Crippen LogP) is 3.87. The molecular weight excluding hydrogens is 326 g/mol. The second kappa shape index (κ2) is 14.6. The van der Waals surface area contributed by atoms with Crippen molar-refractivity contribution in [3.63, 3.8) is 0 Å². The predicted molar refractivity (Wildman–Crippen MR) is 110 cm³/mol. The van der Waals surface area contributed by atoms with Gasteiger partial charge in [0.15, 0.2) is 5.96 Å². The van der Waals surface area contributed by atoms with Crippen LogP contribution in [0, 0.1) is 0 Å². The number of ether oxygens (including phenoxy) is 2. The number of nitrogens with zero attached hydrogens (tertiary/aromatic N) is 1. The number of benzene rings is 1. The van der Waals surface area contributed by atoms with Crippen molar-refractivity contribution in [2.75, 3.05) is 26.9 Å². The van der Waals surface area contributed by atoms with Crippen LogP contribution in [0.5, 0.6) is 0 Å². The number of aliphatic imine (C=N–C) groups is 1. The fourth-order valence-electron chi connectivity index (χ4n) is 2.67. The molecule has 0 heterocycles. The Morgan fingerprint density at radius 2 is 1.88 bits per heavy atom. The minimum Gasteiger partial charge on any atom is -0.379 e. The molecule has 1 rings (SSSR count). The zero-order valence-corrected chi connectivity index (χ0v) is 17.0. The van der Waals surface area contributed by atoms with Crippen LogP contribution >= 0.6 is 0 Å². The van der Waals surface area contributed by atoms with Gasteiger partial charge in [-0.2, -0.15) is 0 Å². The SMILES string of the molecule is CCCCCC(C)NC(=NC)NCc1cccc(COCCOCC)c1. The van der Waals surface area contributed by atoms with Crippen molar-refractivity contribution in [3.8, 4) is 0 Å². The molecule has 0 aliphatic rings. The lowest BCUT2D eigenvalue weighted by molar-refractivity contribution is 0.0453. The zero-order chi connectivity index (χ0) is 19.0. The molecule has 26 heavy (non-hydrogen) atoms. The summed E-state index contributed by atoms with van der Waals surface area (Å²) < 4.78 is 10.9. The monoisotopic (exact) mass is 363 g/mol. The summed E-state index contributed by atoms with van der Waals surface area (Å²) in [6, 6.07) is 8.88. The second-order valence-corrected chi connectivity index (χ2v) is 6.54. The standard InChI is InChI=1S/C21H37N3O2/c1-5-7-8-10-18(3)24-21(22-4)23-16-19-11-9-12-20(15-19)17-26-14-13-25-6-2/h9,11-12,15,18H,5-8,10,13-14,16-17H2,1-4H3,(H2,22,23,24). The average Bonchev–Trinajstić information content (AvgIpc) is 2.65. The number of guanidine groups is 1. The van der Waals surface area contributed by atoms with E-state index in [4.69, 9.17) is 9.47 Å². The van der Waals surface area contributed by atoms with Crippen LogP contribution in [0.15, 0.2) is 29.3 Å². The normalized spacial score (nSPS) is 12.8. The fourth-order valence-corrected chi connectivity index (χ4v) is 2.67. The summed E-state index contributed by atoms with van der Waals surface area (Å²) in [7, 11) is 1.82. The third-order valence-electron chi connectivity index (χ3n) is 4.14. The Hall–Kier alpha value is -1.59. The highest BCUT2D eigenvalue weighted by Gasteiger charge is 2.05. The van der Waals surface area contributed by atoms with Gasteiger partial charge in [0, 0.05) is 26.2 Å². The maximum atomic E-state index is 5.64. The van der Waals surface area contributed by atoms with Crippen molar-refractivity contribution in [1.82, 2.24) is 10.6 Å². The quantitative estimate of drug-likeness (QED) is 0.317. The molecule has 0 aromatic heterocycles. The van der Waals surface area contributed by atoms with Gasteiger partial charge in [0.1, 0.15) is 0 Å². The molecule has 1 atom stereocenters. The van der Waals surface area contributed by atoms with Crippen LogP contribution in [0.2, 0.25) is 0 Å². The maximum absolute atomic E-state index is 5.64. The van der Waals surface area contributed by atoms with Gasteiger partial charge in [-0.05, 0) is 31.4 Å². The van der Waals surface area contributed by atoms with E-state index in [0.29, 0.717) is 25.9 Å². The Balaban J connectivity index is 2.36. The molecule has 0 radical (unpaired) electrons. The van der Waals surface area contributed by atoms with Gasteiger partial charge in [0.25, 0.3) is 0 Å². The number of nitrogens with one attached hydrogen (secondary N) is 2. The zero-order valence-electron chi connectivity index (χ0n) is 17.0. The molecule has 1 unspecified atom stereocenters. The highest BCUT2D eigenvalue weighted by Crippen LogP contribution is 2.07. The van der Waals surface area contributed by atoms with E-state index < -0.39 is 0 Å². The maximum Gasteiger partial charge on any atom is 0.191 e. The van der Waals surface area contributed by atoms with E-state index in [9.17, 15) is 0 Å². The molecule has 0 fully saturated rings. The smallest absolute Gasteiger partial charge is 0.191 e. The van der Waals surface area contributed by atoms with E-state index >= 15 is 0 Å². The molecule has 5 nitrogen and oxygen atoms in total. The number of unbranched alkanes of at least 4 members (excludes halogenated alkanes) is 2. The minimum atomic E-state index is 0.429. The molecule has 1 aromatic carbocycles. The van der Waals surface area contributed by atoms with Crippen LogP contribution in [0.25, 0.3) is 0 Å². The summed E-state index contributed by atoms with van der Waals surface area (Å²) in [5, 5.41) is 6.86. The Kier molecular flexibility index (Phi) is 12.6. The van der Waals surface area contributed by atoms with Crippen LogP contribution in [-0.4, -0.2) is 38.9 Å². The first-order valence-corrected chi connectivity index (χ1v) is 9.90. The molecule has 0 spiro atoms. The van der Waals surface area contributed by atoms with Gasteiger partial charge < -0.3 is 20.1 Å². The highest BCUT2D eigenvalue weighted by atomic mass is 16.5. The van der Waals surface area contributed by atoms with Crippen molar-refractivity contribution in [2.45, 2.75) is 65.6 Å². The van der Waals surface area contributed by atoms with Gasteiger partial charge in [0.2, 0.25) is 0 Å². The fraction of sp³-hybridized carbons (Fsp3) is 0.667. The van der Waals surface area contributed by atoms with E-state index in [1.807, 2.05) is 14.0 Å². The molecular formula is C21H37N3O2. The summed E-state index contributed by atoms with van der Waals surface area (Å²) in [5.74, 6) is 0.854. The Morgan fingerprint density at radius 1 is 1.12 bits per heavy atom. The van der Waals surface area contributed by atoms with E-state index in [0.717, 1.165) is 19.1 Å². The van der Waals surface area contributed by atoms with E-state index in [2.05, 4.69) is 53.7 Å². The summed E-state index contributed by atoms with van der Waals surface area (Å²) >= 11 is 0. The summed E-state index contributed by atoms with van der Waals surface area (Å²) in [6.07, 6.45) is 4.97. The third-order valence-corrected chi connectivity index (χ3v) is 4.14. The average molecular weight is 364 g/mol. The van der Waals surface area contributed by atoms with Crippen LogP contribution in [0.1, 0.15) is 57.6 Å². The van der Waals surface area contributed by atoms with Gasteiger partial charge >= 0.3 is 0 Å². The largest absolute Gasteiger partial charge is 0.379 e. The van der Waals surface area contributed by atoms with Crippen LogP contribution in [0.3, 0.4) is 0 Å². The summed E-state index contributed by atoms with van der Waals surface area (Å²) in [4.78, 5) is 4.33.